The van der Waals surface area contributed by atoms with Gasteiger partial charge in [-0.3, -0.25) is 9.59 Å². The predicted molar refractivity (Wildman–Crippen MR) is 89.6 cm³/mol. The highest BCUT2D eigenvalue weighted by Crippen LogP contribution is 2.20. The Morgan fingerprint density at radius 1 is 1.40 bits per heavy atom. The first-order chi connectivity index (χ1) is 12.0. The number of nitrogens with one attached hydrogen (secondary N) is 1. The van der Waals surface area contributed by atoms with Crippen molar-refractivity contribution in [2.45, 2.75) is 19.6 Å². The number of rotatable bonds is 4. The molecule has 8 heteroatoms. The molecule has 1 aliphatic heterocycles. The van der Waals surface area contributed by atoms with Gasteiger partial charge >= 0.3 is 0 Å². The van der Waals surface area contributed by atoms with Gasteiger partial charge in [0.25, 0.3) is 5.91 Å². The third kappa shape index (κ3) is 4.03. The fourth-order valence-electron chi connectivity index (χ4n) is 2.72. The van der Waals surface area contributed by atoms with Crippen LogP contribution < -0.4 is 5.32 Å². The van der Waals surface area contributed by atoms with Crippen molar-refractivity contribution < 1.29 is 14.3 Å². The Balaban J connectivity index is 1.71. The van der Waals surface area contributed by atoms with Crippen LogP contribution >= 0.6 is 0 Å². The second kappa shape index (κ2) is 7.43. The molecule has 0 radical (unpaired) electrons. The van der Waals surface area contributed by atoms with Crippen LogP contribution in [0, 0.1) is 0 Å². The number of amides is 2. The number of aryl methyl sites for hydroxylation is 1. The summed E-state index contributed by atoms with van der Waals surface area (Å²) in [6.45, 7) is 3.16. The van der Waals surface area contributed by atoms with Crippen LogP contribution in [0.15, 0.2) is 30.6 Å². The summed E-state index contributed by atoms with van der Waals surface area (Å²) in [6, 6.07) is 5.40. The summed E-state index contributed by atoms with van der Waals surface area (Å²) >= 11 is 0. The molecule has 0 aromatic carbocycles. The molecular weight excluding hydrogens is 322 g/mol. The maximum absolute atomic E-state index is 12.7. The molecule has 1 aliphatic rings. The standard InChI is InChI=1S/C17H21N5O3/c1-12(23)19-10-13-5-6-18-16(20-13)15-11-22(8-9-25-15)17(24)14-4-3-7-21(14)2/h3-7,15H,8-11H2,1-2H3,(H,19,23)/t15-/m0/s1. The van der Waals surface area contributed by atoms with Crippen molar-refractivity contribution in [1.82, 2.24) is 24.8 Å². The molecule has 2 aromatic heterocycles. The molecule has 3 rings (SSSR count). The number of morpholine rings is 1. The summed E-state index contributed by atoms with van der Waals surface area (Å²) in [5, 5.41) is 2.71. The molecule has 25 heavy (non-hydrogen) atoms. The van der Waals surface area contributed by atoms with Gasteiger partial charge in [-0.25, -0.2) is 9.97 Å². The van der Waals surface area contributed by atoms with Crippen molar-refractivity contribution in [2.75, 3.05) is 19.7 Å². The van der Waals surface area contributed by atoms with Crippen molar-refractivity contribution in [3.05, 3.63) is 47.8 Å². The summed E-state index contributed by atoms with van der Waals surface area (Å²) in [5.74, 6) is 0.371. The predicted octanol–water partition coefficient (Wildman–Crippen LogP) is 0.665. The number of hydrogen-bond acceptors (Lipinski definition) is 5. The van der Waals surface area contributed by atoms with E-state index in [0.717, 1.165) is 0 Å². The van der Waals surface area contributed by atoms with Crippen molar-refractivity contribution in [3.8, 4) is 0 Å². The zero-order valence-corrected chi connectivity index (χ0v) is 14.3. The number of carbonyl (C=O) groups excluding carboxylic acids is 2. The average Bonchev–Trinajstić information content (AvgIpc) is 3.05. The van der Waals surface area contributed by atoms with Gasteiger partial charge < -0.3 is 19.5 Å². The van der Waals surface area contributed by atoms with Crippen LogP contribution in [0.4, 0.5) is 0 Å². The summed E-state index contributed by atoms with van der Waals surface area (Å²) < 4.78 is 7.56. The molecule has 1 atom stereocenters. The lowest BCUT2D eigenvalue weighted by Crippen LogP contribution is -2.43. The first kappa shape index (κ1) is 17.1. The number of hydrogen-bond donors (Lipinski definition) is 1. The maximum Gasteiger partial charge on any atom is 0.270 e. The highest BCUT2D eigenvalue weighted by Gasteiger charge is 2.28. The Morgan fingerprint density at radius 2 is 2.24 bits per heavy atom. The van der Waals surface area contributed by atoms with Crippen LogP contribution in [0.3, 0.4) is 0 Å². The van der Waals surface area contributed by atoms with E-state index in [-0.39, 0.29) is 17.9 Å². The largest absolute Gasteiger partial charge is 0.367 e. The summed E-state index contributed by atoms with van der Waals surface area (Å²) in [6.07, 6.45) is 3.11. The Bertz CT molecular complexity index is 773. The molecular formula is C17H21N5O3. The Kier molecular flexibility index (Phi) is 5.08. The molecule has 1 fully saturated rings. The van der Waals surface area contributed by atoms with E-state index >= 15 is 0 Å². The molecule has 0 spiro atoms. The summed E-state index contributed by atoms with van der Waals surface area (Å²) in [4.78, 5) is 34.2. The molecule has 2 amide bonds. The first-order valence-corrected chi connectivity index (χ1v) is 8.13. The highest BCUT2D eigenvalue weighted by atomic mass is 16.5. The topological polar surface area (TPSA) is 89.4 Å². The van der Waals surface area contributed by atoms with E-state index in [1.807, 2.05) is 19.3 Å². The van der Waals surface area contributed by atoms with Gasteiger partial charge in [0.05, 0.1) is 25.4 Å². The van der Waals surface area contributed by atoms with Gasteiger partial charge in [0.1, 0.15) is 11.8 Å². The quantitative estimate of drug-likeness (QED) is 0.881. The van der Waals surface area contributed by atoms with Crippen LogP contribution in [0.1, 0.15) is 35.0 Å². The zero-order valence-electron chi connectivity index (χ0n) is 14.3. The van der Waals surface area contributed by atoms with Crippen LogP contribution in [-0.4, -0.2) is 50.9 Å². The molecule has 0 aliphatic carbocycles. The van der Waals surface area contributed by atoms with Gasteiger partial charge in [0, 0.05) is 32.9 Å². The van der Waals surface area contributed by atoms with Crippen LogP contribution in [0.25, 0.3) is 0 Å². The number of aromatic nitrogens is 3. The third-order valence-electron chi connectivity index (χ3n) is 4.05. The maximum atomic E-state index is 12.7. The van der Waals surface area contributed by atoms with E-state index in [1.165, 1.54) is 6.92 Å². The molecule has 8 nitrogen and oxygen atoms in total. The lowest BCUT2D eigenvalue weighted by atomic mass is 10.2. The van der Waals surface area contributed by atoms with Crippen LogP contribution in [0.5, 0.6) is 0 Å². The SMILES string of the molecule is CC(=O)NCc1ccnc([C@@H]2CN(C(=O)c3cccn3C)CCO2)n1. The van der Waals surface area contributed by atoms with Crippen LogP contribution in [-0.2, 0) is 23.1 Å². The minimum atomic E-state index is -0.379. The molecule has 0 unspecified atom stereocenters. The van der Waals surface area contributed by atoms with Gasteiger partial charge in [-0.2, -0.15) is 0 Å². The molecule has 2 aromatic rings. The van der Waals surface area contributed by atoms with Gasteiger partial charge in [0.15, 0.2) is 5.82 Å². The molecule has 0 bridgehead atoms. The lowest BCUT2D eigenvalue weighted by molar-refractivity contribution is -0.119. The molecule has 1 saturated heterocycles. The average molecular weight is 343 g/mol. The van der Waals surface area contributed by atoms with Gasteiger partial charge in [0.2, 0.25) is 5.91 Å². The van der Waals surface area contributed by atoms with E-state index < -0.39 is 0 Å². The number of ether oxygens (including phenoxy) is 1. The molecule has 0 saturated carbocycles. The van der Waals surface area contributed by atoms with E-state index in [1.54, 1.807) is 27.8 Å². The Morgan fingerprint density at radius 3 is 2.96 bits per heavy atom. The first-order valence-electron chi connectivity index (χ1n) is 8.13. The van der Waals surface area contributed by atoms with E-state index in [4.69, 9.17) is 4.74 Å². The van der Waals surface area contributed by atoms with Crippen molar-refractivity contribution in [3.63, 3.8) is 0 Å². The Labute approximate surface area is 145 Å². The monoisotopic (exact) mass is 343 g/mol. The highest BCUT2D eigenvalue weighted by molar-refractivity contribution is 5.92. The second-order valence-electron chi connectivity index (χ2n) is 5.93. The smallest absolute Gasteiger partial charge is 0.270 e. The summed E-state index contributed by atoms with van der Waals surface area (Å²) in [7, 11) is 1.85. The van der Waals surface area contributed by atoms with E-state index in [0.29, 0.717) is 43.5 Å². The van der Waals surface area contributed by atoms with Gasteiger partial charge in [-0.1, -0.05) is 0 Å². The zero-order chi connectivity index (χ0) is 17.8. The van der Waals surface area contributed by atoms with E-state index in [2.05, 4.69) is 15.3 Å². The molecule has 132 valence electrons. The molecule has 1 N–H and O–H groups in total. The van der Waals surface area contributed by atoms with Crippen molar-refractivity contribution >= 4 is 11.8 Å². The lowest BCUT2D eigenvalue weighted by Gasteiger charge is -2.32. The van der Waals surface area contributed by atoms with Crippen molar-refractivity contribution in [1.29, 1.82) is 0 Å². The normalized spacial score (nSPS) is 17.4. The fourth-order valence-corrected chi connectivity index (χ4v) is 2.72. The number of nitrogens with zero attached hydrogens (tertiary/aromatic N) is 4. The van der Waals surface area contributed by atoms with E-state index in [9.17, 15) is 9.59 Å². The fraction of sp³-hybridized carbons (Fsp3) is 0.412. The number of carbonyl (C=O) groups is 2. The van der Waals surface area contributed by atoms with Gasteiger partial charge in [-0.15, -0.1) is 0 Å². The summed E-state index contributed by atoms with van der Waals surface area (Å²) in [5.41, 5.74) is 1.34. The second-order valence-corrected chi connectivity index (χ2v) is 5.93. The van der Waals surface area contributed by atoms with Gasteiger partial charge in [-0.05, 0) is 18.2 Å². The Hall–Kier alpha value is -2.74. The van der Waals surface area contributed by atoms with Crippen LogP contribution in [0.2, 0.25) is 0 Å². The van der Waals surface area contributed by atoms with Crippen molar-refractivity contribution in [2.24, 2.45) is 7.05 Å². The minimum absolute atomic E-state index is 0.0322. The molecule has 3 heterocycles. The third-order valence-corrected chi connectivity index (χ3v) is 4.05. The minimum Gasteiger partial charge on any atom is -0.367 e.